The van der Waals surface area contributed by atoms with Crippen LogP contribution in [0.1, 0.15) is 18.0 Å². The van der Waals surface area contributed by atoms with Gasteiger partial charge in [-0.1, -0.05) is 12.1 Å². The van der Waals surface area contributed by atoms with Crippen LogP contribution in [-0.4, -0.2) is 26.0 Å². The number of rotatable bonds is 6. The number of carbonyl (C=O) groups is 2. The van der Waals surface area contributed by atoms with Crippen LogP contribution in [-0.2, 0) is 9.59 Å². The van der Waals surface area contributed by atoms with Gasteiger partial charge in [0.15, 0.2) is 0 Å². The van der Waals surface area contributed by atoms with Gasteiger partial charge in [0.05, 0.1) is 31.9 Å². The van der Waals surface area contributed by atoms with Gasteiger partial charge >= 0.3 is 0 Å². The molecule has 3 aromatic rings. The van der Waals surface area contributed by atoms with E-state index < -0.39 is 29.5 Å². The van der Waals surface area contributed by atoms with Crippen LogP contribution in [0, 0.1) is 17.6 Å². The highest BCUT2D eigenvalue weighted by Crippen LogP contribution is 2.42. The fraction of sp³-hybridized carbons (Fsp3) is 0.200. The molecular weight excluding hydrogens is 430 g/mol. The van der Waals surface area contributed by atoms with E-state index in [-0.39, 0.29) is 18.0 Å². The second kappa shape index (κ2) is 9.28. The van der Waals surface area contributed by atoms with Crippen LogP contribution in [0.25, 0.3) is 0 Å². The van der Waals surface area contributed by atoms with Gasteiger partial charge in [-0.3, -0.25) is 9.59 Å². The summed E-state index contributed by atoms with van der Waals surface area (Å²) >= 11 is 0. The summed E-state index contributed by atoms with van der Waals surface area (Å²) in [7, 11) is 3.09. The minimum Gasteiger partial charge on any atom is -0.497 e. The Morgan fingerprint density at radius 3 is 2.12 bits per heavy atom. The van der Waals surface area contributed by atoms with Crippen LogP contribution >= 0.6 is 0 Å². The zero-order valence-electron chi connectivity index (χ0n) is 18.0. The van der Waals surface area contributed by atoms with Crippen LogP contribution < -0.4 is 19.7 Å². The van der Waals surface area contributed by atoms with Crippen molar-refractivity contribution in [3.05, 3.63) is 83.9 Å². The summed E-state index contributed by atoms with van der Waals surface area (Å²) in [6, 6.07) is 16.3. The molecule has 2 atom stereocenters. The smallest absolute Gasteiger partial charge is 0.230 e. The van der Waals surface area contributed by atoms with E-state index in [2.05, 4.69) is 5.32 Å². The quantitative estimate of drug-likeness (QED) is 0.588. The maximum absolute atomic E-state index is 14.1. The fourth-order valence-electron chi connectivity index (χ4n) is 4.02. The van der Waals surface area contributed by atoms with Crippen molar-refractivity contribution in [2.24, 2.45) is 5.92 Å². The van der Waals surface area contributed by atoms with Gasteiger partial charge in [0.25, 0.3) is 0 Å². The van der Waals surface area contributed by atoms with E-state index in [1.165, 1.54) is 0 Å². The Morgan fingerprint density at radius 1 is 0.939 bits per heavy atom. The van der Waals surface area contributed by atoms with Crippen LogP contribution in [0.2, 0.25) is 0 Å². The highest BCUT2D eigenvalue weighted by atomic mass is 19.1. The van der Waals surface area contributed by atoms with Crippen LogP contribution in [0.4, 0.5) is 20.2 Å². The largest absolute Gasteiger partial charge is 0.497 e. The van der Waals surface area contributed by atoms with Crippen molar-refractivity contribution in [2.45, 2.75) is 12.5 Å². The predicted octanol–water partition coefficient (Wildman–Crippen LogP) is 4.71. The molecule has 1 N–H and O–H groups in total. The second-order valence-corrected chi connectivity index (χ2v) is 7.60. The van der Waals surface area contributed by atoms with Crippen molar-refractivity contribution in [1.82, 2.24) is 0 Å². The number of nitrogens with one attached hydrogen (secondary N) is 1. The maximum atomic E-state index is 14.1. The van der Waals surface area contributed by atoms with E-state index >= 15 is 0 Å². The minimum atomic E-state index is -0.888. The van der Waals surface area contributed by atoms with Gasteiger partial charge in [0.1, 0.15) is 23.1 Å². The first-order valence-electron chi connectivity index (χ1n) is 10.3. The number of amides is 2. The van der Waals surface area contributed by atoms with Crippen molar-refractivity contribution in [2.75, 3.05) is 24.4 Å². The molecule has 0 unspecified atom stereocenters. The van der Waals surface area contributed by atoms with Gasteiger partial charge in [-0.2, -0.15) is 0 Å². The lowest BCUT2D eigenvalue weighted by molar-refractivity contribution is -0.122. The van der Waals surface area contributed by atoms with Gasteiger partial charge in [-0.05, 0) is 54.1 Å². The first-order chi connectivity index (χ1) is 15.9. The molecule has 0 aromatic heterocycles. The molecule has 170 valence electrons. The van der Waals surface area contributed by atoms with Crippen molar-refractivity contribution in [3.8, 4) is 11.5 Å². The van der Waals surface area contributed by atoms with E-state index in [4.69, 9.17) is 9.47 Å². The Labute approximate surface area is 189 Å². The third kappa shape index (κ3) is 4.50. The maximum Gasteiger partial charge on any atom is 0.230 e. The average molecular weight is 452 g/mol. The topological polar surface area (TPSA) is 67.9 Å². The molecule has 3 aromatic carbocycles. The lowest BCUT2D eigenvalue weighted by Gasteiger charge is -2.28. The van der Waals surface area contributed by atoms with Gasteiger partial charge in [-0.25, -0.2) is 8.78 Å². The standard InChI is InChI=1S/C25H22F2N2O4/c1-32-18-8-3-15(4-9-18)24-20(25(31)28-22-12-5-16(26)13-21(22)27)14-23(30)29(24)17-6-10-19(33-2)11-7-17/h3-13,20,24H,14H2,1-2H3,(H,28,31)/t20-,24+/m0/s1. The summed E-state index contributed by atoms with van der Waals surface area (Å²) in [6.45, 7) is 0. The van der Waals surface area contributed by atoms with Crippen molar-refractivity contribution in [1.29, 1.82) is 0 Å². The molecule has 1 saturated heterocycles. The summed E-state index contributed by atoms with van der Waals surface area (Å²) in [5.41, 5.74) is 1.17. The molecule has 0 bridgehead atoms. The number of hydrogen-bond donors (Lipinski definition) is 1. The summed E-state index contributed by atoms with van der Waals surface area (Å²) in [5, 5.41) is 2.51. The molecule has 0 aliphatic carbocycles. The summed E-state index contributed by atoms with van der Waals surface area (Å²) in [6.07, 6.45) is -0.0721. The van der Waals surface area contributed by atoms with Crippen LogP contribution in [0.5, 0.6) is 11.5 Å². The average Bonchev–Trinajstić information content (AvgIpc) is 3.18. The molecule has 4 rings (SSSR count). The molecule has 1 fully saturated rings. The third-order valence-corrected chi connectivity index (χ3v) is 5.66. The van der Waals surface area contributed by atoms with E-state index in [1.54, 1.807) is 67.7 Å². The van der Waals surface area contributed by atoms with Crippen molar-refractivity contribution in [3.63, 3.8) is 0 Å². The number of hydrogen-bond acceptors (Lipinski definition) is 4. The Bertz CT molecular complexity index is 1170. The van der Waals surface area contributed by atoms with Crippen LogP contribution in [0.15, 0.2) is 66.7 Å². The first kappa shape index (κ1) is 22.3. The van der Waals surface area contributed by atoms with E-state index in [1.807, 2.05) is 0 Å². The zero-order chi connectivity index (χ0) is 23.5. The number of benzene rings is 3. The lowest BCUT2D eigenvalue weighted by Crippen LogP contribution is -2.32. The van der Waals surface area contributed by atoms with E-state index in [0.717, 1.165) is 17.7 Å². The van der Waals surface area contributed by atoms with Gasteiger partial charge in [0.2, 0.25) is 11.8 Å². The summed E-state index contributed by atoms with van der Waals surface area (Å²) in [5.74, 6) is -1.96. The Balaban J connectivity index is 1.71. The molecule has 1 aliphatic heterocycles. The number of methoxy groups -OCH3 is 2. The van der Waals surface area contributed by atoms with Crippen molar-refractivity contribution >= 4 is 23.2 Å². The molecule has 1 aliphatic rings. The SMILES string of the molecule is COc1ccc([C@@H]2[C@@H](C(=O)Nc3ccc(F)cc3F)CC(=O)N2c2ccc(OC)cc2)cc1. The predicted molar refractivity (Wildman–Crippen MR) is 119 cm³/mol. The lowest BCUT2D eigenvalue weighted by atomic mass is 9.92. The number of halogens is 2. The minimum absolute atomic E-state index is 0.0721. The molecule has 1 heterocycles. The molecule has 8 heteroatoms. The summed E-state index contributed by atoms with van der Waals surface area (Å²) < 4.78 is 37.8. The molecule has 0 saturated carbocycles. The van der Waals surface area contributed by atoms with E-state index in [0.29, 0.717) is 23.3 Å². The molecule has 6 nitrogen and oxygen atoms in total. The Kier molecular flexibility index (Phi) is 6.26. The normalized spacial score (nSPS) is 17.7. The number of nitrogens with zero attached hydrogens (tertiary/aromatic N) is 1. The molecular formula is C25H22F2N2O4. The molecule has 33 heavy (non-hydrogen) atoms. The van der Waals surface area contributed by atoms with Crippen LogP contribution in [0.3, 0.4) is 0 Å². The molecule has 2 amide bonds. The molecule has 0 spiro atoms. The first-order valence-corrected chi connectivity index (χ1v) is 10.3. The van der Waals surface area contributed by atoms with Gasteiger partial charge in [0, 0.05) is 18.2 Å². The number of carbonyl (C=O) groups excluding carboxylic acids is 2. The molecule has 0 radical (unpaired) electrons. The van der Waals surface area contributed by atoms with Crippen molar-refractivity contribution < 1.29 is 27.8 Å². The number of anilines is 2. The summed E-state index contributed by atoms with van der Waals surface area (Å²) in [4.78, 5) is 27.8. The second-order valence-electron chi connectivity index (χ2n) is 7.60. The highest BCUT2D eigenvalue weighted by Gasteiger charge is 2.45. The monoisotopic (exact) mass is 452 g/mol. The third-order valence-electron chi connectivity index (χ3n) is 5.66. The van der Waals surface area contributed by atoms with Gasteiger partial charge < -0.3 is 19.7 Å². The van der Waals surface area contributed by atoms with E-state index in [9.17, 15) is 18.4 Å². The number of ether oxygens (including phenoxy) is 2. The van der Waals surface area contributed by atoms with Gasteiger partial charge in [-0.15, -0.1) is 0 Å². The Morgan fingerprint density at radius 2 is 1.55 bits per heavy atom. The zero-order valence-corrected chi connectivity index (χ0v) is 18.0. The fourth-order valence-corrected chi connectivity index (χ4v) is 4.02. The highest BCUT2D eigenvalue weighted by molar-refractivity contribution is 6.04. The Hall–Kier alpha value is -3.94.